The molecule has 0 unspecified atom stereocenters. The number of hydrogen-bond acceptors (Lipinski definition) is 2. The van der Waals surface area contributed by atoms with Crippen molar-refractivity contribution in [1.29, 1.82) is 0 Å². The lowest BCUT2D eigenvalue weighted by molar-refractivity contribution is -0.118. The number of rotatable bonds is 5. The SMILES string of the molecule is CC(=O)NCCCNC(=O)c1ccc(Br)cc1. The van der Waals surface area contributed by atoms with Crippen LogP contribution in [0.2, 0.25) is 0 Å². The summed E-state index contributed by atoms with van der Waals surface area (Å²) in [6.45, 7) is 2.60. The lowest BCUT2D eigenvalue weighted by atomic mass is 10.2. The molecule has 17 heavy (non-hydrogen) atoms. The van der Waals surface area contributed by atoms with Crippen molar-refractivity contribution in [2.75, 3.05) is 13.1 Å². The number of carbonyl (C=O) groups is 2. The van der Waals surface area contributed by atoms with Gasteiger partial charge >= 0.3 is 0 Å². The molecule has 0 heterocycles. The lowest BCUT2D eigenvalue weighted by Crippen LogP contribution is -2.28. The van der Waals surface area contributed by atoms with Crippen molar-refractivity contribution in [3.8, 4) is 0 Å². The third-order valence-electron chi connectivity index (χ3n) is 2.12. The zero-order chi connectivity index (χ0) is 12.7. The first-order valence-corrected chi connectivity index (χ1v) is 6.17. The molecule has 0 aliphatic heterocycles. The van der Waals surface area contributed by atoms with E-state index >= 15 is 0 Å². The molecule has 2 N–H and O–H groups in total. The first kappa shape index (κ1) is 13.7. The van der Waals surface area contributed by atoms with Crippen LogP contribution in [0.15, 0.2) is 28.7 Å². The van der Waals surface area contributed by atoms with Crippen LogP contribution in [0.1, 0.15) is 23.7 Å². The molecule has 0 aliphatic rings. The number of nitrogens with one attached hydrogen (secondary N) is 2. The van der Waals surface area contributed by atoms with Gasteiger partial charge in [0.25, 0.3) is 5.91 Å². The van der Waals surface area contributed by atoms with E-state index in [1.807, 2.05) is 12.1 Å². The Labute approximate surface area is 109 Å². The minimum Gasteiger partial charge on any atom is -0.356 e. The van der Waals surface area contributed by atoms with Crippen molar-refractivity contribution < 1.29 is 9.59 Å². The molecular weight excluding hydrogens is 284 g/mol. The lowest BCUT2D eigenvalue weighted by Gasteiger charge is -2.05. The van der Waals surface area contributed by atoms with Crippen LogP contribution >= 0.6 is 15.9 Å². The van der Waals surface area contributed by atoms with Gasteiger partial charge in [-0.2, -0.15) is 0 Å². The topological polar surface area (TPSA) is 58.2 Å². The van der Waals surface area contributed by atoms with E-state index in [1.54, 1.807) is 12.1 Å². The first-order chi connectivity index (χ1) is 8.09. The average Bonchev–Trinajstić information content (AvgIpc) is 2.29. The smallest absolute Gasteiger partial charge is 0.251 e. The molecule has 0 aliphatic carbocycles. The molecule has 0 radical (unpaired) electrons. The standard InChI is InChI=1S/C12H15BrN2O2/c1-9(16)14-7-2-8-15-12(17)10-3-5-11(13)6-4-10/h3-6H,2,7-8H2,1H3,(H,14,16)(H,15,17). The number of amides is 2. The molecule has 1 aromatic rings. The van der Waals surface area contributed by atoms with Crippen LogP contribution in [0, 0.1) is 0 Å². The van der Waals surface area contributed by atoms with Crippen LogP contribution < -0.4 is 10.6 Å². The molecule has 5 heteroatoms. The summed E-state index contributed by atoms with van der Waals surface area (Å²) in [5.41, 5.74) is 0.632. The van der Waals surface area contributed by atoms with Gasteiger partial charge in [-0.15, -0.1) is 0 Å². The Morgan fingerprint density at radius 2 is 1.71 bits per heavy atom. The van der Waals surface area contributed by atoms with Crippen LogP contribution in [0.3, 0.4) is 0 Å². The predicted octanol–water partition coefficient (Wildman–Crippen LogP) is 1.71. The highest BCUT2D eigenvalue weighted by Crippen LogP contribution is 2.10. The Hall–Kier alpha value is -1.36. The summed E-state index contributed by atoms with van der Waals surface area (Å²) in [7, 11) is 0. The summed E-state index contributed by atoms with van der Waals surface area (Å²) in [6, 6.07) is 7.17. The quantitative estimate of drug-likeness (QED) is 0.813. The fourth-order valence-corrected chi connectivity index (χ4v) is 1.52. The Bertz CT molecular complexity index is 390. The summed E-state index contributed by atoms with van der Waals surface area (Å²) in [5.74, 6) is -0.149. The average molecular weight is 299 g/mol. The van der Waals surface area contributed by atoms with E-state index in [1.165, 1.54) is 6.92 Å². The monoisotopic (exact) mass is 298 g/mol. The molecule has 1 rings (SSSR count). The Morgan fingerprint density at radius 1 is 1.12 bits per heavy atom. The van der Waals surface area contributed by atoms with Gasteiger partial charge in [-0.05, 0) is 30.7 Å². The van der Waals surface area contributed by atoms with Crippen molar-refractivity contribution in [3.05, 3.63) is 34.3 Å². The van der Waals surface area contributed by atoms with E-state index in [0.717, 1.165) is 10.9 Å². The van der Waals surface area contributed by atoms with Gasteiger partial charge in [0.05, 0.1) is 0 Å². The fraction of sp³-hybridized carbons (Fsp3) is 0.333. The molecule has 2 amide bonds. The zero-order valence-electron chi connectivity index (χ0n) is 9.63. The van der Waals surface area contributed by atoms with E-state index < -0.39 is 0 Å². The van der Waals surface area contributed by atoms with Crippen LogP contribution in [-0.2, 0) is 4.79 Å². The van der Waals surface area contributed by atoms with E-state index in [2.05, 4.69) is 26.6 Å². The minimum absolute atomic E-state index is 0.0516. The molecule has 92 valence electrons. The van der Waals surface area contributed by atoms with E-state index in [0.29, 0.717) is 18.7 Å². The van der Waals surface area contributed by atoms with Crippen molar-refractivity contribution in [3.63, 3.8) is 0 Å². The van der Waals surface area contributed by atoms with Crippen molar-refractivity contribution in [2.24, 2.45) is 0 Å². The third kappa shape index (κ3) is 5.49. The third-order valence-corrected chi connectivity index (χ3v) is 2.65. The van der Waals surface area contributed by atoms with E-state index in [4.69, 9.17) is 0 Å². The van der Waals surface area contributed by atoms with Gasteiger partial charge in [0, 0.05) is 30.0 Å². The van der Waals surface area contributed by atoms with Gasteiger partial charge in [-0.25, -0.2) is 0 Å². The molecule has 0 spiro atoms. The van der Waals surface area contributed by atoms with Gasteiger partial charge in [0.1, 0.15) is 0 Å². The van der Waals surface area contributed by atoms with Crippen LogP contribution in [0.5, 0.6) is 0 Å². The van der Waals surface area contributed by atoms with Gasteiger partial charge in [-0.1, -0.05) is 15.9 Å². The highest BCUT2D eigenvalue weighted by molar-refractivity contribution is 9.10. The molecule has 0 saturated heterocycles. The summed E-state index contributed by atoms with van der Waals surface area (Å²) in [4.78, 5) is 22.2. The van der Waals surface area contributed by atoms with E-state index in [9.17, 15) is 9.59 Å². The first-order valence-electron chi connectivity index (χ1n) is 5.38. The molecule has 1 aromatic carbocycles. The van der Waals surface area contributed by atoms with Gasteiger partial charge in [0.15, 0.2) is 0 Å². The van der Waals surface area contributed by atoms with Crippen LogP contribution in [0.4, 0.5) is 0 Å². The highest BCUT2D eigenvalue weighted by atomic mass is 79.9. The minimum atomic E-state index is -0.0969. The maximum atomic E-state index is 11.6. The Balaban J connectivity index is 2.25. The molecule has 4 nitrogen and oxygen atoms in total. The van der Waals surface area contributed by atoms with Crippen molar-refractivity contribution >= 4 is 27.7 Å². The number of hydrogen-bond donors (Lipinski definition) is 2. The zero-order valence-corrected chi connectivity index (χ0v) is 11.2. The summed E-state index contributed by atoms with van der Waals surface area (Å²) in [5, 5.41) is 5.46. The van der Waals surface area contributed by atoms with Crippen molar-refractivity contribution in [2.45, 2.75) is 13.3 Å². The number of halogens is 1. The fourth-order valence-electron chi connectivity index (χ4n) is 1.26. The summed E-state index contributed by atoms with van der Waals surface area (Å²) < 4.78 is 0.944. The molecule has 0 fully saturated rings. The maximum Gasteiger partial charge on any atom is 0.251 e. The van der Waals surface area contributed by atoms with Gasteiger partial charge < -0.3 is 10.6 Å². The second kappa shape index (κ2) is 7.06. The number of carbonyl (C=O) groups excluding carboxylic acids is 2. The summed E-state index contributed by atoms with van der Waals surface area (Å²) >= 11 is 3.31. The number of benzene rings is 1. The molecular formula is C12H15BrN2O2. The van der Waals surface area contributed by atoms with Crippen LogP contribution in [0.25, 0.3) is 0 Å². The Morgan fingerprint density at radius 3 is 2.29 bits per heavy atom. The Kier molecular flexibility index (Phi) is 5.69. The second-order valence-electron chi connectivity index (χ2n) is 3.60. The van der Waals surface area contributed by atoms with Crippen molar-refractivity contribution in [1.82, 2.24) is 10.6 Å². The molecule has 0 atom stereocenters. The predicted molar refractivity (Wildman–Crippen MR) is 69.8 cm³/mol. The highest BCUT2D eigenvalue weighted by Gasteiger charge is 2.03. The maximum absolute atomic E-state index is 11.6. The molecule has 0 saturated carbocycles. The van der Waals surface area contributed by atoms with Gasteiger partial charge in [-0.3, -0.25) is 9.59 Å². The molecule has 0 aromatic heterocycles. The summed E-state index contributed by atoms with van der Waals surface area (Å²) in [6.07, 6.45) is 0.724. The second-order valence-corrected chi connectivity index (χ2v) is 4.51. The molecule has 0 bridgehead atoms. The van der Waals surface area contributed by atoms with Crippen LogP contribution in [-0.4, -0.2) is 24.9 Å². The van der Waals surface area contributed by atoms with Gasteiger partial charge in [0.2, 0.25) is 5.91 Å². The largest absolute Gasteiger partial charge is 0.356 e. The normalized spacial score (nSPS) is 9.76. The van der Waals surface area contributed by atoms with E-state index in [-0.39, 0.29) is 11.8 Å².